The average molecular weight is 206 g/mol. The summed E-state index contributed by atoms with van der Waals surface area (Å²) in [6.45, 7) is 1.89. The Morgan fingerprint density at radius 3 is 2.87 bits per heavy atom. The largest absolute Gasteiger partial charge is 0.497 e. The third-order valence-corrected chi connectivity index (χ3v) is 2.11. The number of ether oxygens (including phenoxy) is 1. The van der Waals surface area contributed by atoms with Gasteiger partial charge in [0.1, 0.15) is 5.75 Å². The number of carboxylic acids is 1. The lowest BCUT2D eigenvalue weighted by Crippen LogP contribution is -1.91. The van der Waals surface area contributed by atoms with Gasteiger partial charge in [0.15, 0.2) is 0 Å². The van der Waals surface area contributed by atoms with Crippen molar-refractivity contribution in [3.8, 4) is 5.75 Å². The molecule has 0 aliphatic heterocycles. The quantitative estimate of drug-likeness (QED) is 0.823. The molecule has 0 saturated carbocycles. The molecule has 0 aliphatic rings. The van der Waals surface area contributed by atoms with E-state index in [1.165, 1.54) is 0 Å². The van der Waals surface area contributed by atoms with Crippen LogP contribution < -0.4 is 4.74 Å². The standard InChI is InChI=1S/C12H14O3/c1-9(6-7-12(13)14)10-4-3-5-11(8-10)15-2/h3-6,8H,7H2,1-2H3,(H,13,14). The van der Waals surface area contributed by atoms with Crippen molar-refractivity contribution in [1.29, 1.82) is 0 Å². The Kier molecular flexibility index (Phi) is 3.92. The van der Waals surface area contributed by atoms with Crippen LogP contribution in [0.15, 0.2) is 30.3 Å². The van der Waals surface area contributed by atoms with Crippen molar-refractivity contribution in [2.45, 2.75) is 13.3 Å². The number of aliphatic carboxylic acids is 1. The van der Waals surface area contributed by atoms with Crippen LogP contribution >= 0.6 is 0 Å². The molecule has 0 amide bonds. The van der Waals surface area contributed by atoms with Crippen LogP contribution in [0, 0.1) is 0 Å². The van der Waals surface area contributed by atoms with Crippen LogP contribution in [0.2, 0.25) is 0 Å². The molecule has 15 heavy (non-hydrogen) atoms. The van der Waals surface area contributed by atoms with E-state index in [0.717, 1.165) is 16.9 Å². The van der Waals surface area contributed by atoms with Crippen LogP contribution in [0.4, 0.5) is 0 Å². The van der Waals surface area contributed by atoms with Crippen LogP contribution in [-0.4, -0.2) is 18.2 Å². The van der Waals surface area contributed by atoms with Crippen LogP contribution in [0.3, 0.4) is 0 Å². The van der Waals surface area contributed by atoms with Gasteiger partial charge in [0.05, 0.1) is 13.5 Å². The summed E-state index contributed by atoms with van der Waals surface area (Å²) in [4.78, 5) is 10.4. The molecule has 0 atom stereocenters. The summed E-state index contributed by atoms with van der Waals surface area (Å²) >= 11 is 0. The summed E-state index contributed by atoms with van der Waals surface area (Å²) in [6.07, 6.45) is 1.74. The monoisotopic (exact) mass is 206 g/mol. The van der Waals surface area contributed by atoms with Crippen molar-refractivity contribution in [3.05, 3.63) is 35.9 Å². The highest BCUT2D eigenvalue weighted by Gasteiger charge is 1.99. The van der Waals surface area contributed by atoms with Gasteiger partial charge in [-0.1, -0.05) is 18.2 Å². The third kappa shape index (κ3) is 3.46. The first-order valence-electron chi connectivity index (χ1n) is 4.66. The molecule has 0 aliphatic carbocycles. The molecule has 0 aromatic heterocycles. The highest BCUT2D eigenvalue weighted by molar-refractivity contribution is 5.73. The summed E-state index contributed by atoms with van der Waals surface area (Å²) in [7, 11) is 1.61. The molecule has 3 nitrogen and oxygen atoms in total. The lowest BCUT2D eigenvalue weighted by atomic mass is 10.1. The van der Waals surface area contributed by atoms with Crippen LogP contribution in [0.1, 0.15) is 18.9 Å². The first kappa shape index (κ1) is 11.3. The fourth-order valence-electron chi connectivity index (χ4n) is 1.23. The van der Waals surface area contributed by atoms with E-state index >= 15 is 0 Å². The number of allylic oxidation sites excluding steroid dienone is 1. The first-order valence-corrected chi connectivity index (χ1v) is 4.66. The number of hydrogen-bond acceptors (Lipinski definition) is 2. The van der Waals surface area contributed by atoms with E-state index in [4.69, 9.17) is 9.84 Å². The molecule has 1 aromatic rings. The van der Waals surface area contributed by atoms with E-state index in [1.54, 1.807) is 13.2 Å². The van der Waals surface area contributed by atoms with Gasteiger partial charge in [0, 0.05) is 0 Å². The highest BCUT2D eigenvalue weighted by Crippen LogP contribution is 2.19. The van der Waals surface area contributed by atoms with Crippen molar-refractivity contribution >= 4 is 11.5 Å². The maximum absolute atomic E-state index is 10.4. The second-order valence-electron chi connectivity index (χ2n) is 3.22. The zero-order chi connectivity index (χ0) is 11.3. The molecule has 0 radical (unpaired) electrons. The molecule has 0 saturated heterocycles. The van der Waals surface area contributed by atoms with E-state index in [2.05, 4.69) is 0 Å². The predicted octanol–water partition coefficient (Wildman–Crippen LogP) is 2.57. The minimum Gasteiger partial charge on any atom is -0.497 e. The number of methoxy groups -OCH3 is 1. The molecule has 0 spiro atoms. The second kappa shape index (κ2) is 5.20. The molecule has 0 bridgehead atoms. The summed E-state index contributed by atoms with van der Waals surface area (Å²) in [5.41, 5.74) is 1.92. The van der Waals surface area contributed by atoms with Crippen molar-refractivity contribution in [2.75, 3.05) is 7.11 Å². The van der Waals surface area contributed by atoms with E-state index in [-0.39, 0.29) is 6.42 Å². The van der Waals surface area contributed by atoms with Crippen molar-refractivity contribution in [1.82, 2.24) is 0 Å². The summed E-state index contributed by atoms with van der Waals surface area (Å²) in [5.74, 6) is -0.0483. The zero-order valence-corrected chi connectivity index (χ0v) is 8.86. The number of rotatable bonds is 4. The lowest BCUT2D eigenvalue weighted by molar-refractivity contribution is -0.135. The minimum atomic E-state index is -0.822. The molecule has 1 aromatic carbocycles. The summed E-state index contributed by atoms with van der Waals surface area (Å²) in [5, 5.41) is 8.54. The predicted molar refractivity (Wildman–Crippen MR) is 58.9 cm³/mol. The molecule has 3 heteroatoms. The Bertz CT molecular complexity index is 380. The minimum absolute atomic E-state index is 0.0447. The fourth-order valence-corrected chi connectivity index (χ4v) is 1.23. The van der Waals surface area contributed by atoms with Gasteiger partial charge >= 0.3 is 5.97 Å². The molecular weight excluding hydrogens is 192 g/mol. The molecule has 1 rings (SSSR count). The molecule has 0 unspecified atom stereocenters. The van der Waals surface area contributed by atoms with Crippen molar-refractivity contribution < 1.29 is 14.6 Å². The summed E-state index contributed by atoms with van der Waals surface area (Å²) < 4.78 is 5.09. The van der Waals surface area contributed by atoms with Gasteiger partial charge < -0.3 is 9.84 Å². The van der Waals surface area contributed by atoms with Crippen molar-refractivity contribution in [2.24, 2.45) is 0 Å². The number of carbonyl (C=O) groups is 1. The van der Waals surface area contributed by atoms with Gasteiger partial charge in [0.2, 0.25) is 0 Å². The van der Waals surface area contributed by atoms with Gasteiger partial charge in [-0.3, -0.25) is 4.79 Å². The van der Waals surface area contributed by atoms with E-state index in [1.807, 2.05) is 31.2 Å². The molecule has 0 heterocycles. The topological polar surface area (TPSA) is 46.5 Å². The zero-order valence-electron chi connectivity index (χ0n) is 8.86. The fraction of sp³-hybridized carbons (Fsp3) is 0.250. The number of benzene rings is 1. The normalized spacial score (nSPS) is 11.2. The number of carboxylic acid groups (broad SMARTS) is 1. The van der Waals surface area contributed by atoms with Crippen LogP contribution in [0.25, 0.3) is 5.57 Å². The SMILES string of the molecule is COc1cccc(C(C)=CCC(=O)O)c1. The molecule has 0 fully saturated rings. The third-order valence-electron chi connectivity index (χ3n) is 2.11. The van der Waals surface area contributed by atoms with Crippen LogP contribution in [0.5, 0.6) is 5.75 Å². The van der Waals surface area contributed by atoms with E-state index < -0.39 is 5.97 Å². The molecule has 80 valence electrons. The van der Waals surface area contributed by atoms with Gasteiger partial charge in [-0.25, -0.2) is 0 Å². The lowest BCUT2D eigenvalue weighted by Gasteiger charge is -2.04. The van der Waals surface area contributed by atoms with Gasteiger partial charge in [-0.2, -0.15) is 0 Å². The maximum atomic E-state index is 10.4. The first-order chi connectivity index (χ1) is 7.13. The average Bonchev–Trinajstić information content (AvgIpc) is 2.26. The Hall–Kier alpha value is -1.77. The van der Waals surface area contributed by atoms with Crippen LogP contribution in [-0.2, 0) is 4.79 Å². The van der Waals surface area contributed by atoms with E-state index in [0.29, 0.717) is 0 Å². The van der Waals surface area contributed by atoms with Gasteiger partial charge in [0.25, 0.3) is 0 Å². The molecule has 1 N–H and O–H groups in total. The summed E-state index contributed by atoms with van der Waals surface area (Å²) in [6, 6.07) is 7.55. The van der Waals surface area contributed by atoms with E-state index in [9.17, 15) is 4.79 Å². The Morgan fingerprint density at radius 1 is 1.53 bits per heavy atom. The van der Waals surface area contributed by atoms with Gasteiger partial charge in [-0.15, -0.1) is 0 Å². The highest BCUT2D eigenvalue weighted by atomic mass is 16.5. The Morgan fingerprint density at radius 2 is 2.27 bits per heavy atom. The Balaban J connectivity index is 2.85. The second-order valence-corrected chi connectivity index (χ2v) is 3.22. The smallest absolute Gasteiger partial charge is 0.307 e. The number of hydrogen-bond donors (Lipinski definition) is 1. The molecular formula is C12H14O3. The maximum Gasteiger partial charge on any atom is 0.307 e. The van der Waals surface area contributed by atoms with Crippen molar-refractivity contribution in [3.63, 3.8) is 0 Å². The van der Waals surface area contributed by atoms with Gasteiger partial charge in [-0.05, 0) is 30.2 Å². The Labute approximate surface area is 89.0 Å².